The van der Waals surface area contributed by atoms with Crippen LogP contribution in [0.5, 0.6) is 11.5 Å². The van der Waals surface area contributed by atoms with Gasteiger partial charge in [0.2, 0.25) is 18.6 Å². The third-order valence-corrected chi connectivity index (χ3v) is 7.04. The number of para-hydroxylation sites is 1. The molecule has 6 heteroatoms. The molecular formula is C28H34N2O4. The van der Waals surface area contributed by atoms with Gasteiger partial charge in [0.1, 0.15) is 0 Å². The summed E-state index contributed by atoms with van der Waals surface area (Å²) in [5, 5.41) is 0. The number of carbonyl (C=O) groups is 2. The monoisotopic (exact) mass is 462 g/mol. The Morgan fingerprint density at radius 1 is 0.853 bits per heavy atom. The smallest absolute Gasteiger partial charge is 0.231 e. The second kappa shape index (κ2) is 10.5. The summed E-state index contributed by atoms with van der Waals surface area (Å²) in [5.74, 6) is 1.96. The van der Waals surface area contributed by atoms with Gasteiger partial charge in [-0.15, -0.1) is 0 Å². The van der Waals surface area contributed by atoms with Gasteiger partial charge in [-0.3, -0.25) is 9.59 Å². The molecule has 0 unspecified atom stereocenters. The van der Waals surface area contributed by atoms with Crippen LogP contribution in [0.2, 0.25) is 0 Å². The quantitative estimate of drug-likeness (QED) is 0.638. The zero-order valence-electron chi connectivity index (χ0n) is 19.8. The fourth-order valence-corrected chi connectivity index (χ4v) is 4.92. The maximum absolute atomic E-state index is 13.5. The normalized spacial score (nSPS) is 18.9. The summed E-state index contributed by atoms with van der Waals surface area (Å²) in [5.41, 5.74) is 2.95. The van der Waals surface area contributed by atoms with E-state index in [9.17, 15) is 9.59 Å². The maximum Gasteiger partial charge on any atom is 0.231 e. The molecule has 5 rings (SSSR count). The zero-order valence-corrected chi connectivity index (χ0v) is 19.8. The highest BCUT2D eigenvalue weighted by atomic mass is 16.7. The van der Waals surface area contributed by atoms with Crippen LogP contribution in [0.25, 0.3) is 0 Å². The summed E-state index contributed by atoms with van der Waals surface area (Å²) in [4.78, 5) is 30.6. The van der Waals surface area contributed by atoms with E-state index < -0.39 is 0 Å². The summed E-state index contributed by atoms with van der Waals surface area (Å²) in [6.07, 6.45) is 8.97. The van der Waals surface area contributed by atoms with E-state index in [4.69, 9.17) is 9.47 Å². The molecule has 2 aromatic carbocycles. The lowest BCUT2D eigenvalue weighted by atomic mass is 10.1. The van der Waals surface area contributed by atoms with E-state index in [1.165, 1.54) is 12.8 Å². The standard InChI is InChI=1S/C28H34N2O4/c31-27(18-21-11-14-25-26(17-21)34-20-33-25)29-15-7-3-1-2-4-8-16-30(28(32)22-12-13-22)24-10-6-5-9-23(24)19-29/h5-6,9-11,14,17,22H,1-4,7-8,12-13,15-16,18-20H2. The second-order valence-electron chi connectivity index (χ2n) is 9.69. The second-order valence-corrected chi connectivity index (χ2v) is 9.69. The number of nitrogens with zero attached hydrogens (tertiary/aromatic N) is 2. The SMILES string of the molecule is O=C(Cc1ccc2c(c1)OCO2)N1CCCCCCCCN(C(=O)C2CC2)c2ccccc2C1. The van der Waals surface area contributed by atoms with Gasteiger partial charge >= 0.3 is 0 Å². The molecule has 0 saturated heterocycles. The molecule has 180 valence electrons. The first-order valence-electron chi connectivity index (χ1n) is 12.7. The number of ether oxygens (including phenoxy) is 2. The Bertz CT molecular complexity index is 1030. The molecule has 0 N–H and O–H groups in total. The third-order valence-electron chi connectivity index (χ3n) is 7.04. The largest absolute Gasteiger partial charge is 0.454 e. The van der Waals surface area contributed by atoms with Gasteiger partial charge in [-0.25, -0.2) is 0 Å². The molecule has 6 nitrogen and oxygen atoms in total. The predicted octanol–water partition coefficient (Wildman–Crippen LogP) is 5.08. The van der Waals surface area contributed by atoms with Crippen molar-refractivity contribution in [2.75, 3.05) is 24.8 Å². The minimum absolute atomic E-state index is 0.101. The van der Waals surface area contributed by atoms with Crippen LogP contribution in [-0.2, 0) is 22.6 Å². The summed E-state index contributed by atoms with van der Waals surface area (Å²) < 4.78 is 10.9. The van der Waals surface area contributed by atoms with Crippen LogP contribution in [0.3, 0.4) is 0 Å². The van der Waals surface area contributed by atoms with Crippen molar-refractivity contribution < 1.29 is 19.1 Å². The number of hydrogen-bond donors (Lipinski definition) is 0. The number of anilines is 1. The number of rotatable bonds is 3. The van der Waals surface area contributed by atoms with E-state index in [2.05, 4.69) is 12.1 Å². The number of benzene rings is 2. The van der Waals surface area contributed by atoms with Gasteiger partial charge in [0.25, 0.3) is 0 Å². The molecule has 2 heterocycles. The maximum atomic E-state index is 13.5. The molecule has 2 aromatic rings. The van der Waals surface area contributed by atoms with Crippen LogP contribution in [0.1, 0.15) is 62.5 Å². The van der Waals surface area contributed by atoms with E-state index in [-0.39, 0.29) is 24.5 Å². The molecule has 0 spiro atoms. The fraction of sp³-hybridized carbons (Fsp3) is 0.500. The van der Waals surface area contributed by atoms with Crippen molar-refractivity contribution in [3.63, 3.8) is 0 Å². The first-order chi connectivity index (χ1) is 16.7. The first-order valence-corrected chi connectivity index (χ1v) is 12.7. The van der Waals surface area contributed by atoms with Gasteiger partial charge in [0, 0.05) is 31.2 Å². The highest BCUT2D eigenvalue weighted by Crippen LogP contribution is 2.35. The lowest BCUT2D eigenvalue weighted by molar-refractivity contribution is -0.131. The van der Waals surface area contributed by atoms with Gasteiger partial charge < -0.3 is 19.3 Å². The average molecular weight is 463 g/mol. The molecule has 34 heavy (non-hydrogen) atoms. The molecule has 3 aliphatic rings. The molecule has 0 atom stereocenters. The number of hydrogen-bond acceptors (Lipinski definition) is 4. The Kier molecular flexibility index (Phi) is 7.02. The zero-order chi connectivity index (χ0) is 23.3. The molecule has 1 saturated carbocycles. The summed E-state index contributed by atoms with van der Waals surface area (Å²) in [6, 6.07) is 13.9. The Morgan fingerprint density at radius 2 is 1.59 bits per heavy atom. The molecular weight excluding hydrogens is 428 g/mol. The van der Waals surface area contributed by atoms with Crippen molar-refractivity contribution in [3.8, 4) is 11.5 Å². The molecule has 0 bridgehead atoms. The summed E-state index contributed by atoms with van der Waals surface area (Å²) >= 11 is 0. The van der Waals surface area contributed by atoms with Crippen LogP contribution >= 0.6 is 0 Å². The minimum atomic E-state index is 0.101. The van der Waals surface area contributed by atoms with Crippen LogP contribution in [0.15, 0.2) is 42.5 Å². The highest BCUT2D eigenvalue weighted by Gasteiger charge is 2.34. The molecule has 2 aliphatic heterocycles. The Morgan fingerprint density at radius 3 is 2.41 bits per heavy atom. The summed E-state index contributed by atoms with van der Waals surface area (Å²) in [7, 11) is 0. The lowest BCUT2D eigenvalue weighted by Crippen LogP contribution is -2.36. The van der Waals surface area contributed by atoms with Crippen molar-refractivity contribution in [3.05, 3.63) is 53.6 Å². The topological polar surface area (TPSA) is 59.1 Å². The van der Waals surface area contributed by atoms with Crippen molar-refractivity contribution in [2.24, 2.45) is 5.92 Å². The molecule has 1 aliphatic carbocycles. The van der Waals surface area contributed by atoms with E-state index in [0.29, 0.717) is 18.7 Å². The van der Waals surface area contributed by atoms with E-state index >= 15 is 0 Å². The van der Waals surface area contributed by atoms with Crippen LogP contribution in [0.4, 0.5) is 5.69 Å². The van der Waals surface area contributed by atoms with Crippen molar-refractivity contribution in [1.82, 2.24) is 4.90 Å². The van der Waals surface area contributed by atoms with E-state index in [0.717, 1.165) is 74.2 Å². The molecule has 1 fully saturated rings. The van der Waals surface area contributed by atoms with E-state index in [1.54, 1.807) is 0 Å². The Labute approximate surface area is 201 Å². The van der Waals surface area contributed by atoms with Crippen molar-refractivity contribution >= 4 is 17.5 Å². The van der Waals surface area contributed by atoms with Crippen LogP contribution < -0.4 is 14.4 Å². The molecule has 2 amide bonds. The highest BCUT2D eigenvalue weighted by molar-refractivity contribution is 5.97. The average Bonchev–Trinajstić information content (AvgIpc) is 3.59. The van der Waals surface area contributed by atoms with Crippen LogP contribution in [0, 0.1) is 5.92 Å². The molecule has 0 aromatic heterocycles. The van der Waals surface area contributed by atoms with Gasteiger partial charge in [-0.05, 0) is 55.0 Å². The van der Waals surface area contributed by atoms with Crippen molar-refractivity contribution in [2.45, 2.75) is 64.3 Å². The first kappa shape index (κ1) is 22.8. The predicted molar refractivity (Wildman–Crippen MR) is 131 cm³/mol. The van der Waals surface area contributed by atoms with E-state index in [1.807, 2.05) is 40.1 Å². The Hall–Kier alpha value is -3.02. The van der Waals surface area contributed by atoms with Gasteiger partial charge in [0.05, 0.1) is 6.42 Å². The lowest BCUT2D eigenvalue weighted by Gasteiger charge is -2.28. The van der Waals surface area contributed by atoms with Gasteiger partial charge in [-0.1, -0.05) is 49.9 Å². The van der Waals surface area contributed by atoms with Gasteiger partial charge in [0.15, 0.2) is 11.5 Å². The van der Waals surface area contributed by atoms with Crippen molar-refractivity contribution in [1.29, 1.82) is 0 Å². The third kappa shape index (κ3) is 5.37. The number of amides is 2. The number of carbonyl (C=O) groups excluding carboxylic acids is 2. The summed E-state index contributed by atoms with van der Waals surface area (Å²) in [6.45, 7) is 2.24. The van der Waals surface area contributed by atoms with Crippen LogP contribution in [-0.4, -0.2) is 36.6 Å². The molecule has 0 radical (unpaired) electrons. The number of fused-ring (bicyclic) bond motifs is 2. The fourth-order valence-electron chi connectivity index (χ4n) is 4.92. The minimum Gasteiger partial charge on any atom is -0.454 e. The van der Waals surface area contributed by atoms with Gasteiger partial charge in [-0.2, -0.15) is 0 Å². The Balaban J connectivity index is 1.38.